The molecule has 0 bridgehead atoms. The van der Waals surface area contributed by atoms with Crippen molar-refractivity contribution in [1.29, 1.82) is 0 Å². The number of hydrogen-bond acceptors (Lipinski definition) is 2. The molecule has 0 aromatic heterocycles. The minimum Gasteiger partial charge on any atom is -0.478 e. The number of aromatic carboxylic acids is 1. The Labute approximate surface area is 132 Å². The van der Waals surface area contributed by atoms with Crippen molar-refractivity contribution in [3.63, 3.8) is 0 Å². The van der Waals surface area contributed by atoms with E-state index >= 15 is 0 Å². The summed E-state index contributed by atoms with van der Waals surface area (Å²) in [4.78, 5) is 24.7. The molecule has 0 heterocycles. The second-order valence-electron chi connectivity index (χ2n) is 5.46. The van der Waals surface area contributed by atoms with Crippen LogP contribution in [-0.4, -0.2) is 35.6 Å². The highest BCUT2D eigenvalue weighted by atomic mass is 79.9. The summed E-state index contributed by atoms with van der Waals surface area (Å²) in [5.41, 5.74) is 0.752. The lowest BCUT2D eigenvalue weighted by Gasteiger charge is -2.22. The molecule has 0 unspecified atom stereocenters. The van der Waals surface area contributed by atoms with Gasteiger partial charge >= 0.3 is 12.0 Å². The lowest BCUT2D eigenvalue weighted by Crippen LogP contribution is -2.34. The zero-order valence-corrected chi connectivity index (χ0v) is 13.5. The normalized spacial score (nSPS) is 15.0. The lowest BCUT2D eigenvalue weighted by molar-refractivity contribution is 0.0697. The maximum atomic E-state index is 12.1. The molecule has 1 aliphatic carbocycles. The Morgan fingerprint density at radius 1 is 1.38 bits per heavy atom. The maximum Gasteiger partial charge on any atom is 0.335 e. The summed E-state index contributed by atoms with van der Waals surface area (Å²) in [6.45, 7) is 0.761. The molecule has 0 atom stereocenters. The highest BCUT2D eigenvalue weighted by Crippen LogP contribution is 2.26. The standard InChI is InChI=1S/C15H19BrN2O3/c1-18(9-10-4-2-3-5-10)15(21)17-13-7-6-11(14(19)20)8-12(13)16/h6-8,10H,2-5,9H2,1H3,(H,17,21)(H,19,20). The van der Waals surface area contributed by atoms with Crippen LogP contribution in [0.5, 0.6) is 0 Å². The number of amides is 2. The van der Waals surface area contributed by atoms with E-state index in [-0.39, 0.29) is 11.6 Å². The second kappa shape index (κ2) is 6.93. The molecular formula is C15H19BrN2O3. The van der Waals surface area contributed by atoms with Crippen LogP contribution in [0.3, 0.4) is 0 Å². The number of benzene rings is 1. The maximum absolute atomic E-state index is 12.1. The molecule has 2 N–H and O–H groups in total. The van der Waals surface area contributed by atoms with Gasteiger partial charge in [0.25, 0.3) is 0 Å². The Kier molecular flexibility index (Phi) is 5.22. The van der Waals surface area contributed by atoms with E-state index in [2.05, 4.69) is 21.2 Å². The first-order valence-corrected chi connectivity index (χ1v) is 7.81. The summed E-state index contributed by atoms with van der Waals surface area (Å²) in [6.07, 6.45) is 4.88. The molecule has 2 rings (SSSR count). The largest absolute Gasteiger partial charge is 0.478 e. The number of carboxylic acids is 1. The number of carbonyl (C=O) groups is 2. The van der Waals surface area contributed by atoms with Crippen LogP contribution >= 0.6 is 15.9 Å². The van der Waals surface area contributed by atoms with E-state index in [4.69, 9.17) is 5.11 Å². The van der Waals surface area contributed by atoms with E-state index in [1.54, 1.807) is 18.0 Å². The van der Waals surface area contributed by atoms with E-state index in [1.165, 1.54) is 37.8 Å². The fraction of sp³-hybridized carbons (Fsp3) is 0.467. The van der Waals surface area contributed by atoms with Crippen LogP contribution in [0.1, 0.15) is 36.0 Å². The Morgan fingerprint density at radius 3 is 2.62 bits per heavy atom. The SMILES string of the molecule is CN(CC1CCCC1)C(=O)Nc1ccc(C(=O)O)cc1Br. The van der Waals surface area contributed by atoms with Crippen molar-refractivity contribution in [2.75, 3.05) is 18.9 Å². The van der Waals surface area contributed by atoms with Gasteiger partial charge in [0.05, 0.1) is 11.3 Å². The van der Waals surface area contributed by atoms with E-state index in [0.29, 0.717) is 16.1 Å². The molecule has 6 heteroatoms. The predicted octanol–water partition coefficient (Wildman–Crippen LogP) is 3.80. The molecule has 1 aliphatic rings. The van der Waals surface area contributed by atoms with Gasteiger partial charge in [-0.05, 0) is 52.9 Å². The fourth-order valence-electron chi connectivity index (χ4n) is 2.62. The van der Waals surface area contributed by atoms with E-state index < -0.39 is 5.97 Å². The average molecular weight is 355 g/mol. The van der Waals surface area contributed by atoms with E-state index in [0.717, 1.165) is 6.54 Å². The van der Waals surface area contributed by atoms with Gasteiger partial charge in [0.1, 0.15) is 0 Å². The summed E-state index contributed by atoms with van der Waals surface area (Å²) in [5.74, 6) is -0.398. The van der Waals surface area contributed by atoms with Crippen molar-refractivity contribution in [3.8, 4) is 0 Å². The van der Waals surface area contributed by atoms with Crippen LogP contribution in [0.2, 0.25) is 0 Å². The first-order chi connectivity index (χ1) is 9.97. The van der Waals surface area contributed by atoms with Gasteiger partial charge in [-0.25, -0.2) is 9.59 Å². The molecule has 1 saturated carbocycles. The molecule has 0 spiro atoms. The van der Waals surface area contributed by atoms with Crippen LogP contribution in [-0.2, 0) is 0 Å². The molecule has 0 aliphatic heterocycles. The molecule has 0 radical (unpaired) electrons. The molecule has 21 heavy (non-hydrogen) atoms. The third-order valence-electron chi connectivity index (χ3n) is 3.81. The van der Waals surface area contributed by atoms with Crippen molar-refractivity contribution >= 4 is 33.6 Å². The van der Waals surface area contributed by atoms with Crippen molar-refractivity contribution in [3.05, 3.63) is 28.2 Å². The molecule has 1 aromatic rings. The quantitative estimate of drug-likeness (QED) is 0.863. The van der Waals surface area contributed by atoms with Crippen molar-refractivity contribution in [2.24, 2.45) is 5.92 Å². The Morgan fingerprint density at radius 2 is 2.05 bits per heavy atom. The number of nitrogens with zero attached hydrogens (tertiary/aromatic N) is 1. The van der Waals surface area contributed by atoms with Gasteiger partial charge < -0.3 is 15.3 Å². The summed E-state index contributed by atoms with van der Waals surface area (Å²) < 4.78 is 0.560. The third kappa shape index (κ3) is 4.20. The summed E-state index contributed by atoms with van der Waals surface area (Å²) in [6, 6.07) is 4.37. The molecule has 2 amide bonds. The third-order valence-corrected chi connectivity index (χ3v) is 4.47. The number of carboxylic acid groups (broad SMARTS) is 1. The Balaban J connectivity index is 1.96. The number of carbonyl (C=O) groups excluding carboxylic acids is 1. The van der Waals surface area contributed by atoms with Crippen LogP contribution in [0.4, 0.5) is 10.5 Å². The fourth-order valence-corrected chi connectivity index (χ4v) is 3.10. The van der Waals surface area contributed by atoms with Crippen molar-refractivity contribution in [2.45, 2.75) is 25.7 Å². The molecule has 1 aromatic carbocycles. The monoisotopic (exact) mass is 354 g/mol. The zero-order valence-electron chi connectivity index (χ0n) is 11.9. The average Bonchev–Trinajstić information content (AvgIpc) is 2.93. The number of rotatable bonds is 4. The summed E-state index contributed by atoms with van der Waals surface area (Å²) in [7, 11) is 1.78. The minimum atomic E-state index is -0.994. The van der Waals surface area contributed by atoms with Crippen molar-refractivity contribution < 1.29 is 14.7 Å². The number of nitrogens with one attached hydrogen (secondary N) is 1. The highest BCUT2D eigenvalue weighted by molar-refractivity contribution is 9.10. The van der Waals surface area contributed by atoms with Gasteiger partial charge in [-0.1, -0.05) is 12.8 Å². The first kappa shape index (κ1) is 15.8. The number of halogens is 1. The summed E-state index contributed by atoms with van der Waals surface area (Å²) >= 11 is 3.28. The van der Waals surface area contributed by atoms with E-state index in [9.17, 15) is 9.59 Å². The van der Waals surface area contributed by atoms with Gasteiger partial charge in [-0.15, -0.1) is 0 Å². The van der Waals surface area contributed by atoms with Gasteiger partial charge in [0, 0.05) is 18.1 Å². The number of hydrogen-bond donors (Lipinski definition) is 2. The van der Waals surface area contributed by atoms with Crippen LogP contribution < -0.4 is 5.32 Å². The Bertz CT molecular complexity index is 542. The topological polar surface area (TPSA) is 69.6 Å². The van der Waals surface area contributed by atoms with Gasteiger partial charge in [-0.3, -0.25) is 0 Å². The Hall–Kier alpha value is -1.56. The first-order valence-electron chi connectivity index (χ1n) is 7.02. The zero-order chi connectivity index (χ0) is 15.4. The van der Waals surface area contributed by atoms with Crippen molar-refractivity contribution in [1.82, 2.24) is 4.90 Å². The summed E-state index contributed by atoms with van der Waals surface area (Å²) in [5, 5.41) is 11.7. The van der Waals surface area contributed by atoms with Crippen LogP contribution in [0.25, 0.3) is 0 Å². The molecular weight excluding hydrogens is 336 g/mol. The minimum absolute atomic E-state index is 0.175. The molecule has 114 valence electrons. The van der Waals surface area contributed by atoms with Gasteiger partial charge in [-0.2, -0.15) is 0 Å². The number of urea groups is 1. The highest BCUT2D eigenvalue weighted by Gasteiger charge is 2.20. The lowest BCUT2D eigenvalue weighted by atomic mass is 10.1. The number of anilines is 1. The van der Waals surface area contributed by atoms with E-state index in [1.807, 2.05) is 0 Å². The van der Waals surface area contributed by atoms with Gasteiger partial charge in [0.2, 0.25) is 0 Å². The predicted molar refractivity (Wildman–Crippen MR) is 84.7 cm³/mol. The smallest absolute Gasteiger partial charge is 0.335 e. The van der Waals surface area contributed by atoms with Crippen LogP contribution in [0, 0.1) is 5.92 Å². The molecule has 1 fully saturated rings. The second-order valence-corrected chi connectivity index (χ2v) is 6.32. The molecule has 0 saturated heterocycles. The molecule has 5 nitrogen and oxygen atoms in total. The van der Waals surface area contributed by atoms with Gasteiger partial charge in [0.15, 0.2) is 0 Å². The van der Waals surface area contributed by atoms with Crippen LogP contribution in [0.15, 0.2) is 22.7 Å².